The molecule has 0 saturated heterocycles. The van der Waals surface area contributed by atoms with E-state index in [-0.39, 0.29) is 30.5 Å². The number of halogens is 4. The molecular weight excluding hydrogens is 544 g/mol. The second kappa shape index (κ2) is 13.7. The van der Waals surface area contributed by atoms with Crippen LogP contribution in [0.3, 0.4) is 0 Å². The van der Waals surface area contributed by atoms with Crippen molar-refractivity contribution in [2.24, 2.45) is 4.99 Å². The van der Waals surface area contributed by atoms with Gasteiger partial charge in [-0.15, -0.1) is 35.3 Å². The average Bonchev–Trinajstić information content (AvgIpc) is 3.18. The molecule has 0 fully saturated rings. The molecule has 2 N–H and O–H groups in total. The molecule has 0 unspecified atom stereocenters. The van der Waals surface area contributed by atoms with E-state index in [4.69, 9.17) is 9.47 Å². The smallest absolute Gasteiger partial charge is 0.434 e. The third-order valence-corrected chi connectivity index (χ3v) is 4.82. The SMILES string of the molecule is CCNC(=NCc1ccc(C)cc1OCCCOC)NCc1nc(C(F)(F)F)cs1.I. The predicted octanol–water partition coefficient (Wildman–Crippen LogP) is 4.76. The Morgan fingerprint density at radius 2 is 2.00 bits per heavy atom. The third kappa shape index (κ3) is 9.60. The van der Waals surface area contributed by atoms with E-state index in [2.05, 4.69) is 20.6 Å². The summed E-state index contributed by atoms with van der Waals surface area (Å²) in [7, 11) is 1.65. The summed E-state index contributed by atoms with van der Waals surface area (Å²) in [4.78, 5) is 8.16. The largest absolute Gasteiger partial charge is 0.493 e. The maximum absolute atomic E-state index is 12.7. The minimum absolute atomic E-state index is 0. The first-order valence-electron chi connectivity index (χ1n) is 9.58. The van der Waals surface area contributed by atoms with Crippen LogP contribution in [0.15, 0.2) is 28.6 Å². The number of alkyl halides is 3. The van der Waals surface area contributed by atoms with Crippen LogP contribution in [-0.2, 0) is 24.0 Å². The van der Waals surface area contributed by atoms with Gasteiger partial charge in [0, 0.05) is 37.6 Å². The number of methoxy groups -OCH3 is 1. The second-order valence-corrected chi connectivity index (χ2v) is 7.42. The molecule has 174 valence electrons. The standard InChI is InChI=1S/C20H27F3N4O2S.HI/c1-4-24-19(26-12-18-27-17(13-30-18)20(21,22)23)25-11-15-7-6-14(2)10-16(15)29-9-5-8-28-3;/h6-7,10,13H,4-5,8-9,11-12H2,1-3H3,(H2,24,25,26);1H. The van der Waals surface area contributed by atoms with Crippen LogP contribution in [0.2, 0.25) is 0 Å². The van der Waals surface area contributed by atoms with Gasteiger partial charge in [0.1, 0.15) is 10.8 Å². The van der Waals surface area contributed by atoms with Gasteiger partial charge in [0.25, 0.3) is 0 Å². The summed E-state index contributed by atoms with van der Waals surface area (Å²) in [5.74, 6) is 1.26. The third-order valence-electron chi connectivity index (χ3n) is 3.97. The highest BCUT2D eigenvalue weighted by Crippen LogP contribution is 2.30. The number of nitrogens with zero attached hydrogens (tertiary/aromatic N) is 2. The zero-order valence-electron chi connectivity index (χ0n) is 17.7. The topological polar surface area (TPSA) is 67.8 Å². The van der Waals surface area contributed by atoms with Crippen molar-refractivity contribution in [3.63, 3.8) is 0 Å². The molecule has 2 aromatic rings. The number of ether oxygens (including phenoxy) is 2. The lowest BCUT2D eigenvalue weighted by molar-refractivity contribution is -0.140. The van der Waals surface area contributed by atoms with Crippen LogP contribution in [0.25, 0.3) is 0 Å². The summed E-state index contributed by atoms with van der Waals surface area (Å²) in [6.45, 7) is 6.20. The van der Waals surface area contributed by atoms with Gasteiger partial charge in [-0.25, -0.2) is 9.98 Å². The van der Waals surface area contributed by atoms with Crippen molar-refractivity contribution in [3.05, 3.63) is 45.4 Å². The first kappa shape index (κ1) is 27.4. The van der Waals surface area contributed by atoms with Gasteiger partial charge in [0.2, 0.25) is 0 Å². The van der Waals surface area contributed by atoms with E-state index in [1.165, 1.54) is 0 Å². The van der Waals surface area contributed by atoms with Gasteiger partial charge in [-0.1, -0.05) is 12.1 Å². The molecule has 6 nitrogen and oxygen atoms in total. The number of aromatic nitrogens is 1. The van der Waals surface area contributed by atoms with Crippen LogP contribution in [-0.4, -0.2) is 37.8 Å². The molecule has 0 atom stereocenters. The number of hydrogen-bond donors (Lipinski definition) is 2. The fourth-order valence-corrected chi connectivity index (χ4v) is 3.24. The van der Waals surface area contributed by atoms with Crippen LogP contribution in [0.5, 0.6) is 5.75 Å². The molecule has 0 spiro atoms. The van der Waals surface area contributed by atoms with Crippen molar-refractivity contribution in [3.8, 4) is 5.75 Å². The molecule has 11 heteroatoms. The molecule has 0 amide bonds. The molecule has 0 aliphatic heterocycles. The molecule has 0 aliphatic rings. The molecule has 0 bridgehead atoms. The fourth-order valence-electron chi connectivity index (χ4n) is 2.50. The summed E-state index contributed by atoms with van der Waals surface area (Å²) in [5, 5.41) is 7.46. The number of hydrogen-bond acceptors (Lipinski definition) is 5. The van der Waals surface area contributed by atoms with Crippen molar-refractivity contribution >= 4 is 41.3 Å². The quantitative estimate of drug-likeness (QED) is 0.186. The Morgan fingerprint density at radius 1 is 1.23 bits per heavy atom. The Labute approximate surface area is 201 Å². The number of guanidine groups is 1. The minimum atomic E-state index is -4.43. The van der Waals surface area contributed by atoms with E-state index in [1.54, 1.807) is 7.11 Å². The van der Waals surface area contributed by atoms with Crippen LogP contribution in [0.4, 0.5) is 13.2 Å². The Kier molecular flexibility index (Phi) is 12.2. The summed E-state index contributed by atoms with van der Waals surface area (Å²) in [6, 6.07) is 5.91. The van der Waals surface area contributed by atoms with E-state index >= 15 is 0 Å². The van der Waals surface area contributed by atoms with E-state index < -0.39 is 11.9 Å². The van der Waals surface area contributed by atoms with Crippen molar-refractivity contribution in [2.75, 3.05) is 26.9 Å². The summed E-state index contributed by atoms with van der Waals surface area (Å²) in [6.07, 6.45) is -3.65. The van der Waals surface area contributed by atoms with E-state index in [9.17, 15) is 13.2 Å². The molecule has 0 radical (unpaired) electrons. The Bertz CT molecular complexity index is 831. The molecule has 1 aromatic heterocycles. The number of nitrogens with one attached hydrogen (secondary N) is 2. The monoisotopic (exact) mass is 572 g/mol. The highest BCUT2D eigenvalue weighted by atomic mass is 127. The van der Waals surface area contributed by atoms with Crippen LogP contribution >= 0.6 is 35.3 Å². The first-order chi connectivity index (χ1) is 14.3. The Balaban J connectivity index is 0.00000480. The van der Waals surface area contributed by atoms with Crippen LogP contribution < -0.4 is 15.4 Å². The summed E-state index contributed by atoms with van der Waals surface area (Å²) in [5.41, 5.74) is 1.13. The Hall–Kier alpha value is -1.60. The highest BCUT2D eigenvalue weighted by molar-refractivity contribution is 14.0. The second-order valence-electron chi connectivity index (χ2n) is 6.48. The van der Waals surface area contributed by atoms with Crippen molar-refractivity contribution in [2.45, 2.75) is 39.5 Å². The molecule has 2 rings (SSSR count). The zero-order valence-corrected chi connectivity index (χ0v) is 20.9. The van der Waals surface area contributed by atoms with Gasteiger partial charge >= 0.3 is 6.18 Å². The van der Waals surface area contributed by atoms with E-state index in [0.29, 0.717) is 37.3 Å². The molecular formula is C20H28F3IN4O2S. The maximum Gasteiger partial charge on any atom is 0.434 e. The lowest BCUT2D eigenvalue weighted by Crippen LogP contribution is -2.36. The van der Waals surface area contributed by atoms with Gasteiger partial charge in [-0.05, 0) is 25.5 Å². The van der Waals surface area contributed by atoms with Gasteiger partial charge in [0.15, 0.2) is 11.7 Å². The van der Waals surface area contributed by atoms with Crippen LogP contribution in [0, 0.1) is 6.92 Å². The van der Waals surface area contributed by atoms with Crippen LogP contribution in [0.1, 0.15) is 35.2 Å². The number of aliphatic imine (C=N–C) groups is 1. The van der Waals surface area contributed by atoms with Gasteiger partial charge in [-0.2, -0.15) is 13.2 Å². The van der Waals surface area contributed by atoms with E-state index in [1.807, 2.05) is 32.0 Å². The van der Waals surface area contributed by atoms with Crippen molar-refractivity contribution in [1.29, 1.82) is 0 Å². The lowest BCUT2D eigenvalue weighted by atomic mass is 10.1. The molecule has 0 aliphatic carbocycles. The van der Waals surface area contributed by atoms with Crippen molar-refractivity contribution in [1.82, 2.24) is 15.6 Å². The molecule has 1 aromatic carbocycles. The zero-order chi connectivity index (χ0) is 22.0. The minimum Gasteiger partial charge on any atom is -0.493 e. The number of aryl methyl sites for hydroxylation is 1. The summed E-state index contributed by atoms with van der Waals surface area (Å²) < 4.78 is 49.0. The highest BCUT2D eigenvalue weighted by Gasteiger charge is 2.33. The van der Waals surface area contributed by atoms with Crippen molar-refractivity contribution < 1.29 is 22.6 Å². The lowest BCUT2D eigenvalue weighted by Gasteiger charge is -2.13. The summed E-state index contributed by atoms with van der Waals surface area (Å²) >= 11 is 0.961. The van der Waals surface area contributed by atoms with E-state index in [0.717, 1.165) is 40.0 Å². The van der Waals surface area contributed by atoms with Gasteiger partial charge in [-0.3, -0.25) is 0 Å². The molecule has 1 heterocycles. The Morgan fingerprint density at radius 3 is 2.65 bits per heavy atom. The first-order valence-corrected chi connectivity index (χ1v) is 10.5. The van der Waals surface area contributed by atoms with Gasteiger partial charge < -0.3 is 20.1 Å². The fraction of sp³-hybridized carbons (Fsp3) is 0.500. The number of rotatable bonds is 10. The maximum atomic E-state index is 12.7. The van der Waals surface area contributed by atoms with Gasteiger partial charge in [0.05, 0.1) is 19.7 Å². The average molecular weight is 572 g/mol. The predicted molar refractivity (Wildman–Crippen MR) is 127 cm³/mol. The number of benzene rings is 1. The molecule has 0 saturated carbocycles. The molecule has 31 heavy (non-hydrogen) atoms. The normalized spacial score (nSPS) is 11.7. The number of thiazole rings is 1.